The third kappa shape index (κ3) is 4.96. The Balaban J connectivity index is 1.72. The maximum Gasteiger partial charge on any atom is 0.275 e. The number of nitrogens with zero attached hydrogens (tertiary/aromatic N) is 4. The lowest BCUT2D eigenvalue weighted by molar-refractivity contribution is 0.193. The van der Waals surface area contributed by atoms with E-state index in [0.29, 0.717) is 39.7 Å². The van der Waals surface area contributed by atoms with Crippen LogP contribution in [0, 0.1) is 0 Å². The van der Waals surface area contributed by atoms with Crippen LogP contribution in [0.5, 0.6) is 5.75 Å². The Morgan fingerprint density at radius 1 is 1.12 bits per heavy atom. The number of nitrogens with one attached hydrogen (secondary N) is 1. The van der Waals surface area contributed by atoms with Crippen LogP contribution in [0.3, 0.4) is 0 Å². The molecule has 1 saturated heterocycles. The number of benzene rings is 1. The molecule has 0 spiro atoms. The SMILES string of the molecule is CCCc1cn(C)c2c(=O)[nH]c(-c3cc(S(=O)N4CCN(CCC)CC4)ccc3OCC)nc12. The topological polar surface area (TPSA) is 83.5 Å². The van der Waals surface area contributed by atoms with Gasteiger partial charge in [0, 0.05) is 39.4 Å². The highest BCUT2D eigenvalue weighted by Gasteiger charge is 2.23. The second-order valence-corrected chi connectivity index (χ2v) is 10.2. The summed E-state index contributed by atoms with van der Waals surface area (Å²) < 4.78 is 23.1. The summed E-state index contributed by atoms with van der Waals surface area (Å²) >= 11 is 0. The lowest BCUT2D eigenvalue weighted by Gasteiger charge is -2.33. The van der Waals surface area contributed by atoms with Crippen LogP contribution >= 0.6 is 0 Å². The first-order chi connectivity index (χ1) is 16.5. The van der Waals surface area contributed by atoms with Crippen molar-refractivity contribution in [3.63, 3.8) is 0 Å². The van der Waals surface area contributed by atoms with Gasteiger partial charge in [0.15, 0.2) is 0 Å². The average molecular weight is 486 g/mol. The molecule has 0 aliphatic carbocycles. The molecule has 1 fully saturated rings. The molecule has 0 bridgehead atoms. The van der Waals surface area contributed by atoms with Gasteiger partial charge < -0.3 is 19.2 Å². The van der Waals surface area contributed by atoms with Gasteiger partial charge in [-0.3, -0.25) is 4.79 Å². The summed E-state index contributed by atoms with van der Waals surface area (Å²) in [4.78, 5) is 23.9. The summed E-state index contributed by atoms with van der Waals surface area (Å²) in [5, 5.41) is 0. The summed E-state index contributed by atoms with van der Waals surface area (Å²) in [6, 6.07) is 5.54. The van der Waals surface area contributed by atoms with E-state index in [9.17, 15) is 9.00 Å². The molecule has 1 aliphatic rings. The number of piperazine rings is 1. The van der Waals surface area contributed by atoms with Gasteiger partial charge in [0.25, 0.3) is 5.56 Å². The third-order valence-electron chi connectivity index (χ3n) is 6.23. The average Bonchev–Trinajstić information content (AvgIpc) is 3.15. The van der Waals surface area contributed by atoms with Crippen molar-refractivity contribution in [1.82, 2.24) is 23.7 Å². The van der Waals surface area contributed by atoms with Crippen LogP contribution in [0.4, 0.5) is 0 Å². The standard InChI is InChI=1S/C25H35N5O3S/c1-5-8-18-17-28(4)23-22(18)26-24(27-25(23)31)20-16-19(9-10-21(20)33-7-3)34(32)30-14-12-29(11-6-2)13-15-30/h9-10,16-17H,5-8,11-15H2,1-4H3,(H,26,27,31). The van der Waals surface area contributed by atoms with Crippen LogP contribution in [0.2, 0.25) is 0 Å². The minimum Gasteiger partial charge on any atom is -0.493 e. The maximum absolute atomic E-state index is 13.4. The van der Waals surface area contributed by atoms with E-state index in [4.69, 9.17) is 9.72 Å². The highest BCUT2D eigenvalue weighted by atomic mass is 32.2. The van der Waals surface area contributed by atoms with E-state index in [2.05, 4.69) is 23.7 Å². The van der Waals surface area contributed by atoms with Crippen molar-refractivity contribution in [2.24, 2.45) is 7.05 Å². The van der Waals surface area contributed by atoms with E-state index in [0.717, 1.165) is 57.5 Å². The van der Waals surface area contributed by atoms with Gasteiger partial charge in [-0.2, -0.15) is 0 Å². The molecule has 8 nitrogen and oxygen atoms in total. The largest absolute Gasteiger partial charge is 0.493 e. The van der Waals surface area contributed by atoms with Crippen molar-refractivity contribution in [2.45, 2.75) is 44.9 Å². The normalized spacial score (nSPS) is 16.2. The summed E-state index contributed by atoms with van der Waals surface area (Å²) in [6.07, 6.45) is 4.92. The van der Waals surface area contributed by atoms with E-state index in [1.165, 1.54) is 0 Å². The first kappa shape index (κ1) is 24.6. The molecule has 3 heterocycles. The van der Waals surface area contributed by atoms with Crippen molar-refractivity contribution in [3.8, 4) is 17.1 Å². The quantitative estimate of drug-likeness (QED) is 0.503. The number of fused-ring (bicyclic) bond motifs is 1. The Hall–Kier alpha value is -2.49. The van der Waals surface area contributed by atoms with E-state index in [1.54, 1.807) is 0 Å². The zero-order valence-electron chi connectivity index (χ0n) is 20.6. The lowest BCUT2D eigenvalue weighted by atomic mass is 10.1. The molecule has 0 saturated carbocycles. The number of aromatic nitrogens is 3. The van der Waals surface area contributed by atoms with Gasteiger partial charge in [0.2, 0.25) is 0 Å². The number of aryl methyl sites for hydroxylation is 2. The molecule has 4 rings (SSSR count). The molecule has 2 aromatic heterocycles. The van der Waals surface area contributed by atoms with Gasteiger partial charge in [-0.25, -0.2) is 13.5 Å². The van der Waals surface area contributed by atoms with Crippen LogP contribution in [-0.4, -0.2) is 67.3 Å². The summed E-state index contributed by atoms with van der Waals surface area (Å²) in [5.41, 5.74) is 2.79. The molecule has 3 aromatic rings. The Morgan fingerprint density at radius 3 is 2.56 bits per heavy atom. The second kappa shape index (κ2) is 10.8. The fourth-order valence-electron chi connectivity index (χ4n) is 4.63. The molecular formula is C25H35N5O3S. The Kier molecular flexibility index (Phi) is 7.85. The number of hydrogen-bond acceptors (Lipinski definition) is 5. The maximum atomic E-state index is 13.4. The van der Waals surface area contributed by atoms with Crippen molar-refractivity contribution in [3.05, 3.63) is 40.3 Å². The van der Waals surface area contributed by atoms with Gasteiger partial charge in [-0.1, -0.05) is 20.3 Å². The molecule has 1 unspecified atom stereocenters. The minimum absolute atomic E-state index is 0.189. The van der Waals surface area contributed by atoms with Crippen LogP contribution in [0.25, 0.3) is 22.4 Å². The van der Waals surface area contributed by atoms with Crippen molar-refractivity contribution in [2.75, 3.05) is 39.3 Å². The fraction of sp³-hybridized carbons (Fsp3) is 0.520. The number of hydrogen-bond donors (Lipinski definition) is 1. The minimum atomic E-state index is -1.29. The molecule has 0 amide bonds. The van der Waals surface area contributed by atoms with Crippen LogP contribution < -0.4 is 10.3 Å². The van der Waals surface area contributed by atoms with E-state index in [1.807, 2.05) is 47.2 Å². The Labute approximate surface area is 203 Å². The predicted octanol–water partition coefficient (Wildman–Crippen LogP) is 3.33. The van der Waals surface area contributed by atoms with E-state index in [-0.39, 0.29) is 5.56 Å². The van der Waals surface area contributed by atoms with Crippen molar-refractivity contribution >= 4 is 22.0 Å². The Morgan fingerprint density at radius 2 is 1.88 bits per heavy atom. The zero-order valence-corrected chi connectivity index (χ0v) is 21.4. The zero-order chi connectivity index (χ0) is 24.2. The first-order valence-electron chi connectivity index (χ1n) is 12.2. The smallest absolute Gasteiger partial charge is 0.275 e. The first-order valence-corrected chi connectivity index (χ1v) is 13.3. The third-order valence-corrected chi connectivity index (χ3v) is 7.73. The molecule has 9 heteroatoms. The molecule has 0 radical (unpaired) electrons. The highest BCUT2D eigenvalue weighted by Crippen LogP contribution is 2.31. The monoisotopic (exact) mass is 485 g/mol. The van der Waals surface area contributed by atoms with Crippen LogP contribution in [0.1, 0.15) is 39.2 Å². The number of rotatable bonds is 9. The molecule has 184 valence electrons. The van der Waals surface area contributed by atoms with Crippen LogP contribution in [0.15, 0.2) is 34.1 Å². The van der Waals surface area contributed by atoms with Gasteiger partial charge in [-0.15, -0.1) is 0 Å². The summed E-state index contributed by atoms with van der Waals surface area (Å²) in [7, 11) is 0.575. The van der Waals surface area contributed by atoms with Gasteiger partial charge >= 0.3 is 0 Å². The van der Waals surface area contributed by atoms with Gasteiger partial charge in [-0.05, 0) is 50.1 Å². The van der Waals surface area contributed by atoms with E-state index < -0.39 is 11.0 Å². The molecule has 1 atom stereocenters. The molecule has 1 N–H and O–H groups in total. The van der Waals surface area contributed by atoms with Crippen molar-refractivity contribution < 1.29 is 8.95 Å². The Bertz CT molecular complexity index is 1230. The second-order valence-electron chi connectivity index (χ2n) is 8.74. The summed E-state index contributed by atoms with van der Waals surface area (Å²) in [6.45, 7) is 11.1. The summed E-state index contributed by atoms with van der Waals surface area (Å²) in [5.74, 6) is 1.06. The number of aromatic amines is 1. The van der Waals surface area contributed by atoms with Gasteiger partial charge in [0.05, 0.1) is 22.6 Å². The predicted molar refractivity (Wildman–Crippen MR) is 137 cm³/mol. The van der Waals surface area contributed by atoms with E-state index >= 15 is 0 Å². The molecule has 1 aliphatic heterocycles. The number of ether oxygens (including phenoxy) is 1. The molecular weight excluding hydrogens is 450 g/mol. The lowest BCUT2D eigenvalue weighted by Crippen LogP contribution is -2.46. The van der Waals surface area contributed by atoms with Crippen LogP contribution in [-0.2, 0) is 24.5 Å². The number of H-pyrrole nitrogens is 1. The fourth-order valence-corrected chi connectivity index (χ4v) is 5.82. The molecule has 1 aromatic carbocycles. The molecule has 34 heavy (non-hydrogen) atoms. The van der Waals surface area contributed by atoms with Gasteiger partial charge in [0.1, 0.15) is 28.1 Å². The highest BCUT2D eigenvalue weighted by molar-refractivity contribution is 7.82. The van der Waals surface area contributed by atoms with Crippen molar-refractivity contribution in [1.29, 1.82) is 0 Å².